The van der Waals surface area contributed by atoms with E-state index in [0.29, 0.717) is 0 Å². The molecular weight excluding hydrogens is 637 g/mol. The van der Waals surface area contributed by atoms with Crippen molar-refractivity contribution in [3.63, 3.8) is 0 Å². The molecule has 0 heteroatoms. The average molecular weight is 673 g/mol. The lowest BCUT2D eigenvalue weighted by Crippen LogP contribution is -2.15. The Morgan fingerprint density at radius 1 is 0.283 bits per heavy atom. The Morgan fingerprint density at radius 3 is 1.06 bits per heavy atom. The number of fused-ring (bicyclic) bond motifs is 10. The van der Waals surface area contributed by atoms with Gasteiger partial charge in [0.05, 0.1) is 0 Å². The maximum Gasteiger partial charge on any atom is 0.0159 e. The standard InChI is InChI=1S/C53H36/c1-53(2)49-31-47(41-25-20-34-12-4-6-14-36(34)29-41)43-15-7-9-17-45(43)51(49)52-46-18-10-8-16-44(46)48(32-50(52)53)42-26-24-39-28-38(22-23-40(39)30-42)37-21-19-33-11-3-5-13-35(33)27-37/h3-32H,1-2H3. The van der Waals surface area contributed by atoms with E-state index in [9.17, 15) is 0 Å². The molecule has 10 aromatic rings. The first kappa shape index (κ1) is 30.2. The van der Waals surface area contributed by atoms with Crippen LogP contribution in [0.15, 0.2) is 182 Å². The molecule has 0 unspecified atom stereocenters. The summed E-state index contributed by atoms with van der Waals surface area (Å²) in [5, 5.41) is 12.8. The zero-order chi connectivity index (χ0) is 35.3. The second-order valence-electron chi connectivity index (χ2n) is 15.3. The fourth-order valence-corrected chi connectivity index (χ4v) is 9.22. The Morgan fingerprint density at radius 2 is 0.604 bits per heavy atom. The molecule has 11 rings (SSSR count). The lowest BCUT2D eigenvalue weighted by Gasteiger charge is -2.24. The highest BCUT2D eigenvalue weighted by atomic mass is 14.4. The molecule has 0 aliphatic heterocycles. The van der Waals surface area contributed by atoms with Crippen molar-refractivity contribution in [2.75, 3.05) is 0 Å². The van der Waals surface area contributed by atoms with E-state index < -0.39 is 0 Å². The topological polar surface area (TPSA) is 0 Å². The molecule has 0 bridgehead atoms. The molecule has 53 heavy (non-hydrogen) atoms. The molecule has 0 spiro atoms. The third-order valence-electron chi connectivity index (χ3n) is 12.0. The quantitative estimate of drug-likeness (QED) is 0.175. The summed E-state index contributed by atoms with van der Waals surface area (Å²) in [4.78, 5) is 0. The molecule has 0 nitrogen and oxygen atoms in total. The van der Waals surface area contributed by atoms with Gasteiger partial charge in [-0.05, 0) is 146 Å². The third-order valence-corrected chi connectivity index (χ3v) is 12.0. The normalized spacial score (nSPS) is 13.2. The maximum absolute atomic E-state index is 2.51. The second-order valence-corrected chi connectivity index (χ2v) is 15.3. The largest absolute Gasteiger partial charge is 0.0616 e. The Labute approximate surface area is 309 Å². The highest BCUT2D eigenvalue weighted by Crippen LogP contribution is 2.56. The van der Waals surface area contributed by atoms with Gasteiger partial charge in [-0.25, -0.2) is 0 Å². The molecule has 0 saturated heterocycles. The Bertz CT molecular complexity index is 3140. The molecule has 10 aromatic carbocycles. The van der Waals surface area contributed by atoms with Crippen LogP contribution in [0.25, 0.3) is 98.4 Å². The number of rotatable bonds is 3. The van der Waals surface area contributed by atoms with Gasteiger partial charge < -0.3 is 0 Å². The second kappa shape index (κ2) is 11.2. The van der Waals surface area contributed by atoms with Gasteiger partial charge in [-0.2, -0.15) is 0 Å². The fraction of sp³-hybridized carbons (Fsp3) is 0.0566. The Balaban J connectivity index is 1.08. The Kier molecular flexibility index (Phi) is 6.40. The summed E-state index contributed by atoms with van der Waals surface area (Å²) >= 11 is 0. The van der Waals surface area contributed by atoms with Crippen LogP contribution in [-0.4, -0.2) is 0 Å². The van der Waals surface area contributed by atoms with Crippen LogP contribution in [-0.2, 0) is 5.41 Å². The van der Waals surface area contributed by atoms with Crippen LogP contribution in [0.1, 0.15) is 25.0 Å². The molecule has 0 aromatic heterocycles. The summed E-state index contributed by atoms with van der Waals surface area (Å²) in [6, 6.07) is 67.9. The summed E-state index contributed by atoms with van der Waals surface area (Å²) in [6.45, 7) is 4.84. The first-order valence-electron chi connectivity index (χ1n) is 18.7. The van der Waals surface area contributed by atoms with Gasteiger partial charge in [0.25, 0.3) is 0 Å². The van der Waals surface area contributed by atoms with Gasteiger partial charge in [0.2, 0.25) is 0 Å². The summed E-state index contributed by atoms with van der Waals surface area (Å²) < 4.78 is 0. The molecule has 248 valence electrons. The van der Waals surface area contributed by atoms with E-state index in [4.69, 9.17) is 0 Å². The van der Waals surface area contributed by atoms with Crippen molar-refractivity contribution < 1.29 is 0 Å². The lowest BCUT2D eigenvalue weighted by atomic mass is 9.79. The highest BCUT2D eigenvalue weighted by molar-refractivity contribution is 6.17. The lowest BCUT2D eigenvalue weighted by molar-refractivity contribution is 0.661. The van der Waals surface area contributed by atoms with Crippen molar-refractivity contribution in [1.29, 1.82) is 0 Å². The van der Waals surface area contributed by atoms with Crippen LogP contribution in [0.2, 0.25) is 0 Å². The van der Waals surface area contributed by atoms with Crippen molar-refractivity contribution in [2.45, 2.75) is 19.3 Å². The van der Waals surface area contributed by atoms with Crippen LogP contribution in [0.3, 0.4) is 0 Å². The van der Waals surface area contributed by atoms with Gasteiger partial charge in [-0.3, -0.25) is 0 Å². The van der Waals surface area contributed by atoms with Crippen molar-refractivity contribution in [3.05, 3.63) is 193 Å². The number of benzene rings is 10. The van der Waals surface area contributed by atoms with Crippen molar-refractivity contribution in [1.82, 2.24) is 0 Å². The van der Waals surface area contributed by atoms with E-state index in [1.54, 1.807) is 0 Å². The average Bonchev–Trinajstić information content (AvgIpc) is 3.45. The predicted molar refractivity (Wildman–Crippen MR) is 228 cm³/mol. The molecule has 0 heterocycles. The van der Waals surface area contributed by atoms with E-state index in [2.05, 4.69) is 196 Å². The first-order chi connectivity index (χ1) is 26.0. The van der Waals surface area contributed by atoms with E-state index in [0.717, 1.165) is 0 Å². The van der Waals surface area contributed by atoms with E-state index in [-0.39, 0.29) is 5.41 Å². The fourth-order valence-electron chi connectivity index (χ4n) is 9.22. The monoisotopic (exact) mass is 672 g/mol. The van der Waals surface area contributed by atoms with E-state index in [1.165, 1.54) is 109 Å². The predicted octanol–water partition coefficient (Wildman–Crippen LogP) is 14.8. The molecule has 1 aliphatic rings. The molecule has 0 fully saturated rings. The molecule has 0 N–H and O–H groups in total. The minimum absolute atomic E-state index is 0.190. The molecule has 0 saturated carbocycles. The molecule has 0 amide bonds. The number of hydrogen-bond donors (Lipinski definition) is 0. The van der Waals surface area contributed by atoms with Crippen molar-refractivity contribution >= 4 is 53.9 Å². The van der Waals surface area contributed by atoms with Gasteiger partial charge in [0.1, 0.15) is 0 Å². The molecule has 0 atom stereocenters. The zero-order valence-electron chi connectivity index (χ0n) is 29.8. The molecular formula is C53H36. The van der Waals surface area contributed by atoms with Crippen LogP contribution < -0.4 is 0 Å². The third kappa shape index (κ3) is 4.55. The van der Waals surface area contributed by atoms with Crippen LogP contribution in [0.5, 0.6) is 0 Å². The summed E-state index contributed by atoms with van der Waals surface area (Å²) in [5.41, 5.74) is 13.0. The smallest absolute Gasteiger partial charge is 0.0159 e. The first-order valence-corrected chi connectivity index (χ1v) is 18.7. The van der Waals surface area contributed by atoms with Gasteiger partial charge >= 0.3 is 0 Å². The van der Waals surface area contributed by atoms with Gasteiger partial charge in [-0.1, -0.05) is 159 Å². The Hall–Kier alpha value is -6.50. The van der Waals surface area contributed by atoms with Gasteiger partial charge in [-0.15, -0.1) is 0 Å². The van der Waals surface area contributed by atoms with Crippen LogP contribution >= 0.6 is 0 Å². The van der Waals surface area contributed by atoms with Crippen LogP contribution in [0.4, 0.5) is 0 Å². The maximum atomic E-state index is 2.51. The number of hydrogen-bond acceptors (Lipinski definition) is 0. The van der Waals surface area contributed by atoms with Crippen molar-refractivity contribution in [2.24, 2.45) is 0 Å². The minimum atomic E-state index is -0.190. The zero-order valence-corrected chi connectivity index (χ0v) is 29.8. The highest BCUT2D eigenvalue weighted by Gasteiger charge is 2.39. The summed E-state index contributed by atoms with van der Waals surface area (Å²) in [5.74, 6) is 0. The SMILES string of the molecule is CC1(C)c2cc(-c3ccc4ccccc4c3)c3ccccc3c2-c2c1cc(-c1ccc3cc(-c4ccc5ccccc5c4)ccc3c1)c1ccccc21. The summed E-state index contributed by atoms with van der Waals surface area (Å²) in [7, 11) is 0. The van der Waals surface area contributed by atoms with E-state index in [1.807, 2.05) is 0 Å². The molecule has 1 aliphatic carbocycles. The minimum Gasteiger partial charge on any atom is -0.0616 e. The van der Waals surface area contributed by atoms with Gasteiger partial charge in [0.15, 0.2) is 0 Å². The van der Waals surface area contributed by atoms with Crippen LogP contribution in [0, 0.1) is 0 Å². The van der Waals surface area contributed by atoms with Crippen molar-refractivity contribution in [3.8, 4) is 44.5 Å². The van der Waals surface area contributed by atoms with E-state index >= 15 is 0 Å². The molecule has 0 radical (unpaired) electrons. The summed E-state index contributed by atoms with van der Waals surface area (Å²) in [6.07, 6.45) is 0. The van der Waals surface area contributed by atoms with Gasteiger partial charge in [0, 0.05) is 5.41 Å².